The molecular weight excluding hydrogens is 297 g/mol. The molecule has 0 aliphatic rings. The van der Waals surface area contributed by atoms with Crippen LogP contribution in [0.3, 0.4) is 0 Å². The van der Waals surface area contributed by atoms with Crippen molar-refractivity contribution in [3.8, 4) is 5.75 Å². The lowest BCUT2D eigenvalue weighted by molar-refractivity contribution is -0.118. The van der Waals surface area contributed by atoms with Gasteiger partial charge in [0, 0.05) is 10.7 Å². The number of hydrogen-bond donors (Lipinski definition) is 1. The van der Waals surface area contributed by atoms with Gasteiger partial charge in [0.2, 0.25) is 0 Å². The van der Waals surface area contributed by atoms with E-state index in [1.165, 1.54) is 12.1 Å². The minimum absolute atomic E-state index is 0.0503. The fourth-order valence-corrected chi connectivity index (χ4v) is 1.76. The maximum Gasteiger partial charge on any atom is 0.262 e. The summed E-state index contributed by atoms with van der Waals surface area (Å²) in [6, 6.07) is 10.4. The zero-order valence-electron chi connectivity index (χ0n) is 10.8. The van der Waals surface area contributed by atoms with Crippen LogP contribution >= 0.6 is 11.6 Å². The van der Waals surface area contributed by atoms with Gasteiger partial charge in [-0.1, -0.05) is 17.7 Å². The molecule has 21 heavy (non-hydrogen) atoms. The van der Waals surface area contributed by atoms with Crippen molar-refractivity contribution in [1.29, 1.82) is 0 Å². The molecular formula is C15H11ClFNO3. The molecule has 0 heterocycles. The summed E-state index contributed by atoms with van der Waals surface area (Å²) in [4.78, 5) is 22.5. The molecule has 6 heteroatoms. The third kappa shape index (κ3) is 4.03. The van der Waals surface area contributed by atoms with Crippen molar-refractivity contribution >= 4 is 29.5 Å². The zero-order valence-corrected chi connectivity index (χ0v) is 11.6. The number of rotatable bonds is 5. The van der Waals surface area contributed by atoms with Gasteiger partial charge in [-0.2, -0.15) is 0 Å². The Morgan fingerprint density at radius 2 is 1.95 bits per heavy atom. The number of anilines is 1. The molecule has 0 aliphatic carbocycles. The smallest absolute Gasteiger partial charge is 0.262 e. The number of amides is 1. The highest BCUT2D eigenvalue weighted by Gasteiger charge is 2.11. The molecule has 0 atom stereocenters. The number of aldehydes is 1. The first kappa shape index (κ1) is 15.0. The van der Waals surface area contributed by atoms with Crippen LogP contribution in [0, 0.1) is 5.82 Å². The summed E-state index contributed by atoms with van der Waals surface area (Å²) in [6.07, 6.45) is 0.468. The van der Waals surface area contributed by atoms with Gasteiger partial charge < -0.3 is 10.1 Å². The zero-order chi connectivity index (χ0) is 15.2. The minimum atomic E-state index is -0.695. The molecule has 4 nitrogen and oxygen atoms in total. The van der Waals surface area contributed by atoms with Gasteiger partial charge in [0.25, 0.3) is 5.91 Å². The van der Waals surface area contributed by atoms with E-state index in [1.54, 1.807) is 24.3 Å². The van der Waals surface area contributed by atoms with E-state index < -0.39 is 18.3 Å². The molecule has 2 aromatic carbocycles. The van der Waals surface area contributed by atoms with Gasteiger partial charge in [-0.3, -0.25) is 9.59 Å². The lowest BCUT2D eigenvalue weighted by Crippen LogP contribution is -2.20. The molecule has 0 unspecified atom stereocenters. The van der Waals surface area contributed by atoms with Gasteiger partial charge in [-0.25, -0.2) is 4.39 Å². The Bertz CT molecular complexity index is 658. The molecule has 2 rings (SSSR count). The molecule has 0 bridgehead atoms. The van der Waals surface area contributed by atoms with Crippen LogP contribution in [0.4, 0.5) is 10.1 Å². The second-order valence-electron chi connectivity index (χ2n) is 4.12. The number of ether oxygens (including phenoxy) is 1. The van der Waals surface area contributed by atoms with Gasteiger partial charge in [-0.15, -0.1) is 0 Å². The third-order valence-corrected chi connectivity index (χ3v) is 2.85. The Labute approximate surface area is 125 Å². The Hall–Kier alpha value is -2.40. The van der Waals surface area contributed by atoms with E-state index in [2.05, 4.69) is 5.32 Å². The molecule has 2 aromatic rings. The summed E-state index contributed by atoms with van der Waals surface area (Å²) in [5, 5.41) is 3.11. The first-order chi connectivity index (χ1) is 10.1. The molecule has 1 amide bonds. The topological polar surface area (TPSA) is 55.4 Å². The molecule has 1 N–H and O–H groups in total. The molecule has 0 saturated heterocycles. The Balaban J connectivity index is 1.98. The van der Waals surface area contributed by atoms with Crippen LogP contribution in [0.25, 0.3) is 0 Å². The average Bonchev–Trinajstić information content (AvgIpc) is 2.48. The molecule has 0 radical (unpaired) electrons. The molecule has 0 spiro atoms. The van der Waals surface area contributed by atoms with E-state index in [0.717, 1.165) is 6.07 Å². The third-order valence-electron chi connectivity index (χ3n) is 2.60. The van der Waals surface area contributed by atoms with Crippen LogP contribution in [0.1, 0.15) is 10.4 Å². The number of carbonyl (C=O) groups excluding carboxylic acids is 2. The maximum absolute atomic E-state index is 13.5. The summed E-state index contributed by atoms with van der Waals surface area (Å²) >= 11 is 5.73. The van der Waals surface area contributed by atoms with E-state index in [4.69, 9.17) is 16.3 Å². The van der Waals surface area contributed by atoms with Crippen molar-refractivity contribution in [2.75, 3.05) is 11.9 Å². The number of hydrogen-bond acceptors (Lipinski definition) is 3. The first-order valence-electron chi connectivity index (χ1n) is 6.02. The van der Waals surface area contributed by atoms with Crippen molar-refractivity contribution in [3.05, 3.63) is 58.9 Å². The van der Waals surface area contributed by atoms with Crippen LogP contribution in [0.5, 0.6) is 5.75 Å². The fraction of sp³-hybridized carbons (Fsp3) is 0.0667. The number of carbonyl (C=O) groups is 2. The van der Waals surface area contributed by atoms with Crippen molar-refractivity contribution < 1.29 is 18.7 Å². The van der Waals surface area contributed by atoms with Crippen molar-refractivity contribution in [1.82, 2.24) is 0 Å². The lowest BCUT2D eigenvalue weighted by atomic mass is 10.2. The van der Waals surface area contributed by atoms with E-state index in [-0.39, 0.29) is 11.3 Å². The summed E-state index contributed by atoms with van der Waals surface area (Å²) in [5.74, 6) is -1.41. The lowest BCUT2D eigenvalue weighted by Gasteiger charge is -2.09. The van der Waals surface area contributed by atoms with Crippen LogP contribution in [0.15, 0.2) is 42.5 Å². The van der Waals surface area contributed by atoms with Crippen LogP contribution in [0.2, 0.25) is 5.02 Å². The predicted octanol–water partition coefficient (Wildman–Crippen LogP) is 3.31. The van der Waals surface area contributed by atoms with Crippen LogP contribution in [-0.2, 0) is 4.79 Å². The number of benzene rings is 2. The Morgan fingerprint density at radius 3 is 2.62 bits per heavy atom. The van der Waals surface area contributed by atoms with Crippen molar-refractivity contribution in [2.24, 2.45) is 0 Å². The average molecular weight is 308 g/mol. The normalized spacial score (nSPS) is 10.0. The van der Waals surface area contributed by atoms with Crippen molar-refractivity contribution in [2.45, 2.75) is 0 Å². The van der Waals surface area contributed by atoms with Gasteiger partial charge >= 0.3 is 0 Å². The molecule has 0 aromatic heterocycles. The molecule has 108 valence electrons. The fourth-order valence-electron chi connectivity index (χ4n) is 1.64. The van der Waals surface area contributed by atoms with Gasteiger partial charge in [-0.05, 0) is 36.4 Å². The van der Waals surface area contributed by atoms with Crippen LogP contribution < -0.4 is 10.1 Å². The second kappa shape index (κ2) is 6.85. The Morgan fingerprint density at radius 1 is 1.24 bits per heavy atom. The SMILES string of the molecule is O=Cc1cccc(F)c1OCC(=O)Nc1ccc(Cl)cc1. The van der Waals surface area contributed by atoms with E-state index in [1.807, 2.05) is 0 Å². The highest BCUT2D eigenvalue weighted by molar-refractivity contribution is 6.30. The summed E-state index contributed by atoms with van der Waals surface area (Å²) < 4.78 is 18.6. The quantitative estimate of drug-likeness (QED) is 0.862. The number of nitrogens with one attached hydrogen (secondary N) is 1. The maximum atomic E-state index is 13.5. The van der Waals surface area contributed by atoms with E-state index in [9.17, 15) is 14.0 Å². The second-order valence-corrected chi connectivity index (χ2v) is 4.56. The number of para-hydroxylation sites is 1. The van der Waals surface area contributed by atoms with E-state index in [0.29, 0.717) is 17.0 Å². The number of halogens is 2. The van der Waals surface area contributed by atoms with E-state index >= 15 is 0 Å². The standard InChI is InChI=1S/C15H11ClFNO3/c16-11-4-6-12(7-5-11)18-14(20)9-21-15-10(8-19)2-1-3-13(15)17/h1-8H,9H2,(H,18,20). The largest absolute Gasteiger partial charge is 0.480 e. The van der Waals surface area contributed by atoms with Crippen molar-refractivity contribution in [3.63, 3.8) is 0 Å². The Kier molecular flexibility index (Phi) is 4.90. The summed E-state index contributed by atoms with van der Waals surface area (Å²) in [7, 11) is 0. The first-order valence-corrected chi connectivity index (χ1v) is 6.40. The summed E-state index contributed by atoms with van der Waals surface area (Å²) in [5.41, 5.74) is 0.589. The monoisotopic (exact) mass is 307 g/mol. The van der Waals surface area contributed by atoms with Gasteiger partial charge in [0.1, 0.15) is 0 Å². The van der Waals surface area contributed by atoms with Gasteiger partial charge in [0.15, 0.2) is 24.5 Å². The van der Waals surface area contributed by atoms with Crippen LogP contribution in [-0.4, -0.2) is 18.8 Å². The molecule has 0 saturated carbocycles. The molecule has 0 aliphatic heterocycles. The highest BCUT2D eigenvalue weighted by atomic mass is 35.5. The van der Waals surface area contributed by atoms with Gasteiger partial charge in [0.05, 0.1) is 5.56 Å². The predicted molar refractivity (Wildman–Crippen MR) is 77.4 cm³/mol. The highest BCUT2D eigenvalue weighted by Crippen LogP contribution is 2.21. The molecule has 0 fully saturated rings. The summed E-state index contributed by atoms with van der Waals surface area (Å²) in [6.45, 7) is -0.412. The minimum Gasteiger partial charge on any atom is -0.480 e.